The summed E-state index contributed by atoms with van der Waals surface area (Å²) in [6.45, 7) is 0.847. The second-order valence-electron chi connectivity index (χ2n) is 8.74. The summed E-state index contributed by atoms with van der Waals surface area (Å²) in [5, 5.41) is 0.414. The van der Waals surface area contributed by atoms with Gasteiger partial charge in [0, 0.05) is 41.7 Å². The van der Waals surface area contributed by atoms with E-state index in [4.69, 9.17) is 27.9 Å². The first kappa shape index (κ1) is 26.3. The van der Waals surface area contributed by atoms with Gasteiger partial charge in [0.05, 0.1) is 35.3 Å². The Labute approximate surface area is 214 Å². The predicted molar refractivity (Wildman–Crippen MR) is 128 cm³/mol. The van der Waals surface area contributed by atoms with Crippen molar-refractivity contribution in [1.82, 2.24) is 9.47 Å². The van der Waals surface area contributed by atoms with Crippen molar-refractivity contribution in [2.45, 2.75) is 32.0 Å². The minimum atomic E-state index is -4.67. The van der Waals surface area contributed by atoms with Gasteiger partial charge in [-0.1, -0.05) is 23.2 Å². The first-order chi connectivity index (χ1) is 17.0. The van der Waals surface area contributed by atoms with E-state index < -0.39 is 17.6 Å². The normalized spacial score (nSPS) is 14.9. The molecule has 192 valence electrons. The van der Waals surface area contributed by atoms with Crippen LogP contribution in [0.4, 0.5) is 17.6 Å². The number of likely N-dealkylation sites (tertiary alicyclic amines) is 1. The molecular weight excluding hydrogens is 523 g/mol. The Hall–Kier alpha value is -2.78. The zero-order valence-electron chi connectivity index (χ0n) is 19.2. The summed E-state index contributed by atoms with van der Waals surface area (Å²) in [7, 11) is 1.34. The van der Waals surface area contributed by atoms with E-state index in [1.165, 1.54) is 36.1 Å². The number of amides is 1. The van der Waals surface area contributed by atoms with Crippen molar-refractivity contribution in [3.8, 4) is 0 Å². The van der Waals surface area contributed by atoms with Gasteiger partial charge in [0.1, 0.15) is 5.82 Å². The maximum Gasteiger partial charge on any atom is 0.416 e. The van der Waals surface area contributed by atoms with E-state index in [1.54, 1.807) is 4.90 Å². The van der Waals surface area contributed by atoms with Gasteiger partial charge in [-0.2, -0.15) is 13.2 Å². The molecular formula is C25H22Cl2F4N2O3. The number of piperidine rings is 1. The van der Waals surface area contributed by atoms with Crippen molar-refractivity contribution in [2.75, 3.05) is 20.2 Å². The van der Waals surface area contributed by atoms with Crippen molar-refractivity contribution in [1.29, 1.82) is 0 Å². The summed E-state index contributed by atoms with van der Waals surface area (Å²) in [5.74, 6) is -1.48. The molecule has 1 saturated heterocycles. The van der Waals surface area contributed by atoms with Crippen LogP contribution in [-0.2, 0) is 22.3 Å². The summed E-state index contributed by atoms with van der Waals surface area (Å²) in [6.07, 6.45) is -1.63. The van der Waals surface area contributed by atoms with Gasteiger partial charge in [0.15, 0.2) is 0 Å². The second kappa shape index (κ2) is 10.3. The fourth-order valence-electron chi connectivity index (χ4n) is 4.50. The molecule has 0 bridgehead atoms. The smallest absolute Gasteiger partial charge is 0.416 e. The van der Waals surface area contributed by atoms with Crippen LogP contribution >= 0.6 is 23.2 Å². The van der Waals surface area contributed by atoms with Gasteiger partial charge in [-0.15, -0.1) is 0 Å². The highest BCUT2D eigenvalue weighted by Crippen LogP contribution is 2.35. The SMILES string of the molecule is COC(=O)CC1CCN(C(=O)c2ccc(Cl)c(Cn3ccc4cc(C(F)(F)F)cc(F)c43)c2Cl)CC1. The lowest BCUT2D eigenvalue weighted by atomic mass is 9.93. The van der Waals surface area contributed by atoms with Crippen LogP contribution in [0.25, 0.3) is 10.9 Å². The molecule has 36 heavy (non-hydrogen) atoms. The van der Waals surface area contributed by atoms with Crippen molar-refractivity contribution in [3.05, 3.63) is 69.1 Å². The van der Waals surface area contributed by atoms with Crippen LogP contribution in [-0.4, -0.2) is 41.5 Å². The van der Waals surface area contributed by atoms with E-state index in [1.807, 2.05) is 0 Å². The number of hydrogen-bond acceptors (Lipinski definition) is 3. The second-order valence-corrected chi connectivity index (χ2v) is 9.53. The summed E-state index contributed by atoms with van der Waals surface area (Å²) in [6, 6.07) is 5.74. The lowest BCUT2D eigenvalue weighted by Crippen LogP contribution is -2.39. The summed E-state index contributed by atoms with van der Waals surface area (Å²) in [5.41, 5.74) is -0.538. The van der Waals surface area contributed by atoms with E-state index in [9.17, 15) is 27.2 Å². The molecule has 5 nitrogen and oxygen atoms in total. The number of halogens is 6. The summed E-state index contributed by atoms with van der Waals surface area (Å²) >= 11 is 12.9. The maximum atomic E-state index is 14.7. The van der Waals surface area contributed by atoms with E-state index in [0.29, 0.717) is 44.0 Å². The van der Waals surface area contributed by atoms with Gasteiger partial charge < -0.3 is 14.2 Å². The number of carbonyl (C=O) groups is 2. The Morgan fingerprint density at radius 1 is 1.11 bits per heavy atom. The monoisotopic (exact) mass is 544 g/mol. The summed E-state index contributed by atoms with van der Waals surface area (Å²) in [4.78, 5) is 26.4. The number of benzene rings is 2. The van der Waals surface area contributed by atoms with E-state index >= 15 is 0 Å². The van der Waals surface area contributed by atoms with Crippen LogP contribution < -0.4 is 0 Å². The number of fused-ring (bicyclic) bond motifs is 1. The molecule has 1 amide bonds. The topological polar surface area (TPSA) is 51.5 Å². The first-order valence-corrected chi connectivity index (χ1v) is 11.9. The zero-order chi connectivity index (χ0) is 26.2. The highest BCUT2D eigenvalue weighted by Gasteiger charge is 2.32. The number of hydrogen-bond donors (Lipinski definition) is 0. The lowest BCUT2D eigenvalue weighted by Gasteiger charge is -2.32. The van der Waals surface area contributed by atoms with Crippen LogP contribution in [0.5, 0.6) is 0 Å². The Morgan fingerprint density at radius 3 is 2.44 bits per heavy atom. The number of rotatable bonds is 5. The highest BCUT2D eigenvalue weighted by atomic mass is 35.5. The standard InChI is InChI=1S/C25H22Cl2F4N2O3/c1-36-21(34)10-14-4-7-32(8-5-14)24(35)17-2-3-19(26)18(22(17)27)13-33-9-6-15-11-16(25(29,30)31)12-20(28)23(15)33/h2-3,6,9,11-12,14H,4-5,7-8,10,13H2,1H3. The van der Waals surface area contributed by atoms with Crippen LogP contribution in [0.3, 0.4) is 0 Å². The number of nitrogens with zero attached hydrogens (tertiary/aromatic N) is 2. The number of carbonyl (C=O) groups excluding carboxylic acids is 2. The predicted octanol–water partition coefficient (Wildman–Crippen LogP) is 6.57. The van der Waals surface area contributed by atoms with Crippen LogP contribution in [0.15, 0.2) is 36.5 Å². The number of alkyl halides is 3. The van der Waals surface area contributed by atoms with Crippen LogP contribution in [0.2, 0.25) is 10.0 Å². The van der Waals surface area contributed by atoms with Gasteiger partial charge in [-0.3, -0.25) is 9.59 Å². The molecule has 2 aromatic carbocycles. The Balaban J connectivity index is 1.57. The molecule has 2 heterocycles. The molecule has 1 aromatic heterocycles. The maximum absolute atomic E-state index is 14.7. The number of aromatic nitrogens is 1. The largest absolute Gasteiger partial charge is 0.469 e. The van der Waals surface area contributed by atoms with Crippen molar-refractivity contribution in [3.63, 3.8) is 0 Å². The third-order valence-corrected chi connectivity index (χ3v) is 7.26. The average Bonchev–Trinajstić information content (AvgIpc) is 3.24. The molecule has 0 unspecified atom stereocenters. The quantitative estimate of drug-likeness (QED) is 0.269. The molecule has 11 heteroatoms. The van der Waals surface area contributed by atoms with Gasteiger partial charge in [-0.05, 0) is 49.1 Å². The fraction of sp³-hybridized carbons (Fsp3) is 0.360. The molecule has 0 radical (unpaired) electrons. The Morgan fingerprint density at radius 2 is 1.81 bits per heavy atom. The lowest BCUT2D eigenvalue weighted by molar-refractivity contribution is -0.142. The van der Waals surface area contributed by atoms with Gasteiger partial charge in [0.25, 0.3) is 5.91 Å². The Bertz CT molecular complexity index is 1310. The molecule has 0 atom stereocenters. The van der Waals surface area contributed by atoms with Gasteiger partial charge in [-0.25, -0.2) is 4.39 Å². The minimum Gasteiger partial charge on any atom is -0.469 e. The number of ether oxygens (including phenoxy) is 1. The van der Waals surface area contributed by atoms with Gasteiger partial charge in [0.2, 0.25) is 0 Å². The molecule has 4 rings (SSSR count). The highest BCUT2D eigenvalue weighted by molar-refractivity contribution is 6.38. The van der Waals surface area contributed by atoms with Crippen molar-refractivity contribution >= 4 is 46.0 Å². The minimum absolute atomic E-state index is 0.0282. The zero-order valence-corrected chi connectivity index (χ0v) is 20.7. The third-order valence-electron chi connectivity index (χ3n) is 6.47. The summed E-state index contributed by atoms with van der Waals surface area (Å²) < 4.78 is 60.0. The van der Waals surface area contributed by atoms with Crippen molar-refractivity contribution in [2.24, 2.45) is 5.92 Å². The number of esters is 1. The van der Waals surface area contributed by atoms with E-state index in [0.717, 1.165) is 6.07 Å². The Kier molecular flexibility index (Phi) is 7.52. The fourth-order valence-corrected chi connectivity index (χ4v) is 5.07. The molecule has 0 saturated carbocycles. The average molecular weight is 545 g/mol. The van der Waals surface area contributed by atoms with Gasteiger partial charge >= 0.3 is 12.1 Å². The van der Waals surface area contributed by atoms with E-state index in [-0.39, 0.29) is 50.9 Å². The molecule has 1 aliphatic rings. The van der Waals surface area contributed by atoms with Crippen LogP contribution in [0.1, 0.15) is 40.7 Å². The molecule has 1 aliphatic heterocycles. The molecule has 0 aliphatic carbocycles. The molecule has 0 N–H and O–H groups in total. The van der Waals surface area contributed by atoms with Crippen LogP contribution in [0, 0.1) is 11.7 Å². The van der Waals surface area contributed by atoms with Crippen molar-refractivity contribution < 1.29 is 31.9 Å². The molecule has 0 spiro atoms. The third kappa shape index (κ3) is 5.32. The molecule has 1 fully saturated rings. The molecule has 3 aromatic rings. The first-order valence-electron chi connectivity index (χ1n) is 11.2. The number of methoxy groups -OCH3 is 1. The van der Waals surface area contributed by atoms with E-state index in [2.05, 4.69) is 0 Å².